The molecule has 5 aromatic carbocycles. The zero-order valence-corrected chi connectivity index (χ0v) is 19.7. The van der Waals surface area contributed by atoms with Gasteiger partial charge in [-0.2, -0.15) is 0 Å². The molecule has 0 aliphatic rings. The number of carbonyl (C=O) groups is 2. The van der Waals surface area contributed by atoms with Crippen LogP contribution < -0.4 is 10.6 Å². The fraction of sp³-hybridized carbons (Fsp3) is 0.172. The van der Waals surface area contributed by atoms with E-state index in [0.717, 1.165) is 30.3 Å². The summed E-state index contributed by atoms with van der Waals surface area (Å²) in [5, 5.41) is 16.5. The van der Waals surface area contributed by atoms with Gasteiger partial charge in [0.2, 0.25) is 5.91 Å². The number of azide groups is 1. The Morgan fingerprint density at radius 1 is 0.778 bits per heavy atom. The van der Waals surface area contributed by atoms with Crippen molar-refractivity contribution in [2.75, 3.05) is 11.9 Å². The lowest BCUT2D eigenvalue weighted by atomic mass is 9.93. The van der Waals surface area contributed by atoms with Crippen molar-refractivity contribution in [1.82, 2.24) is 5.32 Å². The molecule has 0 aromatic heterocycles. The van der Waals surface area contributed by atoms with E-state index in [0.29, 0.717) is 24.2 Å². The van der Waals surface area contributed by atoms with Crippen LogP contribution in [0, 0.1) is 0 Å². The zero-order chi connectivity index (χ0) is 24.9. The summed E-state index contributed by atoms with van der Waals surface area (Å²) in [4.78, 5) is 27.6. The highest BCUT2D eigenvalue weighted by Gasteiger charge is 2.12. The van der Waals surface area contributed by atoms with Gasteiger partial charge in [-0.3, -0.25) is 9.59 Å². The number of unbranched alkanes of at least 4 members (excludes halogenated alkanes) is 2. The van der Waals surface area contributed by atoms with Crippen LogP contribution in [0.15, 0.2) is 84.0 Å². The zero-order valence-electron chi connectivity index (χ0n) is 19.7. The summed E-state index contributed by atoms with van der Waals surface area (Å²) in [5.74, 6) is -0.177. The van der Waals surface area contributed by atoms with E-state index >= 15 is 0 Å². The molecule has 0 unspecified atom stereocenters. The van der Waals surface area contributed by atoms with Crippen LogP contribution in [0.3, 0.4) is 0 Å². The molecule has 0 radical (unpaired) electrons. The fourth-order valence-corrected chi connectivity index (χ4v) is 4.68. The molecule has 0 bridgehead atoms. The molecule has 2 amide bonds. The molecule has 0 fully saturated rings. The highest BCUT2D eigenvalue weighted by molar-refractivity contribution is 6.25. The first-order valence-corrected chi connectivity index (χ1v) is 12.0. The minimum atomic E-state index is -0.172. The van der Waals surface area contributed by atoms with Gasteiger partial charge in [0.15, 0.2) is 0 Å². The number of nitrogens with zero attached hydrogens (tertiary/aromatic N) is 3. The molecular formula is C29H25N5O2. The van der Waals surface area contributed by atoms with E-state index in [1.165, 1.54) is 26.9 Å². The van der Waals surface area contributed by atoms with E-state index < -0.39 is 0 Å². The molecule has 5 rings (SSSR count). The SMILES string of the molecule is [N-]=[N+]=Nc1ccc(C(=O)NCCCCCC(=O)Nc2ccc3ccc4cccc5ccc2c3c45)cc1. The Morgan fingerprint density at radius 3 is 2.22 bits per heavy atom. The smallest absolute Gasteiger partial charge is 0.251 e. The molecule has 178 valence electrons. The van der Waals surface area contributed by atoms with Gasteiger partial charge in [-0.05, 0) is 63.5 Å². The Bertz CT molecular complexity index is 1590. The lowest BCUT2D eigenvalue weighted by Crippen LogP contribution is -2.24. The van der Waals surface area contributed by atoms with Gasteiger partial charge in [-0.15, -0.1) is 0 Å². The predicted octanol–water partition coefficient (Wildman–Crippen LogP) is 7.45. The number of benzene rings is 5. The average Bonchev–Trinajstić information content (AvgIpc) is 2.90. The number of nitrogens with one attached hydrogen (secondary N) is 2. The van der Waals surface area contributed by atoms with Gasteiger partial charge in [-0.1, -0.05) is 72.2 Å². The molecule has 2 N–H and O–H groups in total. The maximum Gasteiger partial charge on any atom is 0.251 e. The molecule has 36 heavy (non-hydrogen) atoms. The number of carbonyl (C=O) groups excluding carboxylic acids is 2. The van der Waals surface area contributed by atoms with Crippen molar-refractivity contribution in [3.8, 4) is 0 Å². The lowest BCUT2D eigenvalue weighted by Gasteiger charge is -2.14. The second-order valence-electron chi connectivity index (χ2n) is 8.82. The Balaban J connectivity index is 1.12. The number of anilines is 1. The Kier molecular flexibility index (Phi) is 6.65. The minimum absolute atomic E-state index is 0.00538. The second kappa shape index (κ2) is 10.3. The van der Waals surface area contributed by atoms with Gasteiger partial charge in [0.05, 0.1) is 0 Å². The Labute approximate surface area is 208 Å². The van der Waals surface area contributed by atoms with Crippen LogP contribution in [0.5, 0.6) is 0 Å². The summed E-state index contributed by atoms with van der Waals surface area (Å²) in [7, 11) is 0. The predicted molar refractivity (Wildman–Crippen MR) is 145 cm³/mol. The highest BCUT2D eigenvalue weighted by Crippen LogP contribution is 2.37. The van der Waals surface area contributed by atoms with Crippen molar-refractivity contribution in [3.05, 3.63) is 94.9 Å². The maximum absolute atomic E-state index is 12.7. The van der Waals surface area contributed by atoms with E-state index in [1.807, 2.05) is 6.07 Å². The van der Waals surface area contributed by atoms with Gasteiger partial charge in [0, 0.05) is 40.2 Å². The number of amides is 2. The van der Waals surface area contributed by atoms with Crippen LogP contribution >= 0.6 is 0 Å². The number of hydrogen-bond acceptors (Lipinski definition) is 3. The van der Waals surface area contributed by atoms with E-state index in [2.05, 4.69) is 69.2 Å². The Hall–Kier alpha value is -4.61. The normalized spacial score (nSPS) is 11.0. The first kappa shape index (κ1) is 23.1. The molecule has 0 aliphatic carbocycles. The largest absolute Gasteiger partial charge is 0.352 e. The highest BCUT2D eigenvalue weighted by atomic mass is 16.2. The van der Waals surface area contributed by atoms with Crippen LogP contribution in [-0.4, -0.2) is 18.4 Å². The summed E-state index contributed by atoms with van der Waals surface area (Å²) in [5.41, 5.74) is 10.3. The van der Waals surface area contributed by atoms with Crippen molar-refractivity contribution in [3.63, 3.8) is 0 Å². The molecule has 0 saturated carbocycles. The van der Waals surface area contributed by atoms with Gasteiger partial charge in [-0.25, -0.2) is 0 Å². The molecular weight excluding hydrogens is 450 g/mol. The van der Waals surface area contributed by atoms with Crippen LogP contribution in [0.2, 0.25) is 0 Å². The molecule has 0 atom stereocenters. The van der Waals surface area contributed by atoms with E-state index in [-0.39, 0.29) is 11.8 Å². The van der Waals surface area contributed by atoms with Crippen molar-refractivity contribution in [2.24, 2.45) is 5.11 Å². The summed E-state index contributed by atoms with van der Waals surface area (Å²) < 4.78 is 0. The van der Waals surface area contributed by atoms with Crippen molar-refractivity contribution in [1.29, 1.82) is 0 Å². The third-order valence-electron chi connectivity index (χ3n) is 6.46. The molecule has 0 spiro atoms. The first-order chi connectivity index (χ1) is 17.6. The first-order valence-electron chi connectivity index (χ1n) is 12.0. The maximum atomic E-state index is 12.7. The van der Waals surface area contributed by atoms with E-state index in [1.54, 1.807) is 24.3 Å². The third-order valence-corrected chi connectivity index (χ3v) is 6.46. The van der Waals surface area contributed by atoms with Gasteiger partial charge in [0.1, 0.15) is 0 Å². The molecule has 5 aromatic rings. The van der Waals surface area contributed by atoms with Crippen LogP contribution in [0.25, 0.3) is 42.8 Å². The fourth-order valence-electron chi connectivity index (χ4n) is 4.68. The molecule has 0 aliphatic heterocycles. The average molecular weight is 476 g/mol. The minimum Gasteiger partial charge on any atom is -0.352 e. The van der Waals surface area contributed by atoms with Gasteiger partial charge >= 0.3 is 0 Å². The number of rotatable bonds is 9. The summed E-state index contributed by atoms with van der Waals surface area (Å²) in [6.45, 7) is 0.535. The van der Waals surface area contributed by atoms with Crippen molar-refractivity contribution >= 4 is 55.5 Å². The quantitative estimate of drug-likeness (QED) is 0.0759. The summed E-state index contributed by atoms with van der Waals surface area (Å²) >= 11 is 0. The second-order valence-corrected chi connectivity index (χ2v) is 8.82. The van der Waals surface area contributed by atoms with E-state index in [9.17, 15) is 9.59 Å². The van der Waals surface area contributed by atoms with Crippen LogP contribution in [0.4, 0.5) is 11.4 Å². The van der Waals surface area contributed by atoms with Gasteiger partial charge < -0.3 is 10.6 Å². The van der Waals surface area contributed by atoms with Crippen LogP contribution in [-0.2, 0) is 4.79 Å². The summed E-state index contributed by atoms with van der Waals surface area (Å²) in [6, 6.07) is 25.3. The third kappa shape index (κ3) is 4.78. The van der Waals surface area contributed by atoms with Gasteiger partial charge in [0.25, 0.3) is 5.91 Å². The molecule has 0 heterocycles. The lowest BCUT2D eigenvalue weighted by molar-refractivity contribution is -0.116. The number of hydrogen-bond donors (Lipinski definition) is 2. The topological polar surface area (TPSA) is 107 Å². The van der Waals surface area contributed by atoms with Crippen molar-refractivity contribution in [2.45, 2.75) is 25.7 Å². The van der Waals surface area contributed by atoms with E-state index in [4.69, 9.17) is 5.53 Å². The van der Waals surface area contributed by atoms with Crippen molar-refractivity contribution < 1.29 is 9.59 Å². The molecule has 7 heteroatoms. The monoisotopic (exact) mass is 475 g/mol. The van der Waals surface area contributed by atoms with Crippen LogP contribution in [0.1, 0.15) is 36.0 Å². The molecule has 7 nitrogen and oxygen atoms in total. The molecule has 0 saturated heterocycles. The summed E-state index contributed by atoms with van der Waals surface area (Å²) in [6.07, 6.45) is 2.79. The standard InChI is InChI=1S/C29H25N5O2/c30-34-33-23-14-10-22(11-15-23)29(36)31-18-3-1-2-7-26(35)32-25-17-13-21-9-8-19-5-4-6-20-12-16-24(25)28(21)27(19)20/h4-6,8-17H,1-3,7,18H2,(H,31,36)(H,32,35). The Morgan fingerprint density at radius 2 is 1.47 bits per heavy atom.